The maximum absolute atomic E-state index is 13.4. The van der Waals surface area contributed by atoms with E-state index >= 15 is 0 Å². The van der Waals surface area contributed by atoms with E-state index in [9.17, 15) is 4.39 Å². The van der Waals surface area contributed by atoms with Crippen molar-refractivity contribution in [3.63, 3.8) is 0 Å². The quantitative estimate of drug-likeness (QED) is 0.911. The normalized spacial score (nSPS) is 10.8. The third kappa shape index (κ3) is 2.32. The Labute approximate surface area is 106 Å². The van der Waals surface area contributed by atoms with Gasteiger partial charge in [-0.3, -0.25) is 0 Å². The van der Waals surface area contributed by atoms with Crippen LogP contribution in [0, 0.1) is 5.82 Å². The first-order chi connectivity index (χ1) is 8.13. The second-order valence-electron chi connectivity index (χ2n) is 3.50. The molecule has 2 aromatic rings. The van der Waals surface area contributed by atoms with Gasteiger partial charge in [0.05, 0.1) is 23.3 Å². The lowest BCUT2D eigenvalue weighted by molar-refractivity contribution is 0.270. The number of anilines is 1. The molecule has 90 valence electrons. The molecule has 4 nitrogen and oxygen atoms in total. The van der Waals surface area contributed by atoms with Gasteiger partial charge >= 0.3 is 0 Å². The molecule has 1 heterocycles. The fraction of sp³-hybridized carbons (Fsp3) is 0.182. The first-order valence-corrected chi connectivity index (χ1v) is 5.81. The van der Waals surface area contributed by atoms with Crippen LogP contribution >= 0.6 is 15.9 Å². The van der Waals surface area contributed by atoms with Crippen LogP contribution in [0.1, 0.15) is 0 Å². The van der Waals surface area contributed by atoms with Gasteiger partial charge in [-0.2, -0.15) is 5.10 Å². The third-order valence-electron chi connectivity index (χ3n) is 2.35. The Balaban J connectivity index is 2.46. The van der Waals surface area contributed by atoms with Crippen LogP contribution in [-0.4, -0.2) is 21.5 Å². The van der Waals surface area contributed by atoms with Crippen molar-refractivity contribution in [3.8, 4) is 11.3 Å². The number of aromatic nitrogens is 2. The zero-order chi connectivity index (χ0) is 12.4. The number of hydrogen-bond donors (Lipinski definition) is 2. The molecule has 0 unspecified atom stereocenters. The van der Waals surface area contributed by atoms with Crippen LogP contribution in [0.5, 0.6) is 0 Å². The van der Waals surface area contributed by atoms with Crippen LogP contribution in [0.25, 0.3) is 11.3 Å². The largest absolute Gasteiger partial charge is 0.394 e. The molecule has 0 spiro atoms. The minimum absolute atomic E-state index is 0.0460. The summed E-state index contributed by atoms with van der Waals surface area (Å²) in [6, 6.07) is 6.37. The van der Waals surface area contributed by atoms with E-state index in [-0.39, 0.29) is 12.4 Å². The van der Waals surface area contributed by atoms with E-state index in [4.69, 9.17) is 10.8 Å². The van der Waals surface area contributed by atoms with Crippen LogP contribution < -0.4 is 5.73 Å². The molecule has 0 aliphatic heterocycles. The van der Waals surface area contributed by atoms with Gasteiger partial charge in [-0.1, -0.05) is 12.1 Å². The van der Waals surface area contributed by atoms with Crippen LogP contribution in [-0.2, 0) is 6.54 Å². The highest BCUT2D eigenvalue weighted by Gasteiger charge is 2.12. The molecule has 0 atom stereocenters. The molecule has 0 saturated heterocycles. The summed E-state index contributed by atoms with van der Waals surface area (Å²) in [5.74, 6) is 0.0861. The number of aliphatic hydroxyl groups is 1. The highest BCUT2D eigenvalue weighted by Crippen LogP contribution is 2.30. The minimum Gasteiger partial charge on any atom is -0.394 e. The van der Waals surface area contributed by atoms with Crippen molar-refractivity contribution < 1.29 is 9.50 Å². The lowest BCUT2D eigenvalue weighted by Crippen LogP contribution is -2.07. The van der Waals surface area contributed by atoms with E-state index in [0.717, 1.165) is 0 Å². The molecule has 0 aliphatic carbocycles. The number of halogens is 2. The predicted octanol–water partition coefficient (Wildman–Crippen LogP) is 2.03. The molecule has 3 N–H and O–H groups in total. The molecule has 0 aliphatic rings. The van der Waals surface area contributed by atoms with Gasteiger partial charge in [0.15, 0.2) is 0 Å². The van der Waals surface area contributed by atoms with Crippen molar-refractivity contribution in [1.82, 2.24) is 9.78 Å². The predicted molar refractivity (Wildman–Crippen MR) is 66.8 cm³/mol. The lowest BCUT2D eigenvalue weighted by atomic mass is 10.1. The Morgan fingerprint density at radius 3 is 2.94 bits per heavy atom. The van der Waals surface area contributed by atoms with Crippen LogP contribution in [0.15, 0.2) is 28.7 Å². The SMILES string of the molecule is Nc1cc(-c2cccc(F)c2Br)nn1CCO. The molecule has 0 amide bonds. The Morgan fingerprint density at radius 2 is 2.24 bits per heavy atom. The maximum atomic E-state index is 13.4. The van der Waals surface area contributed by atoms with Gasteiger partial charge in [-0.15, -0.1) is 0 Å². The van der Waals surface area contributed by atoms with Crippen molar-refractivity contribution >= 4 is 21.7 Å². The van der Waals surface area contributed by atoms with E-state index in [1.807, 2.05) is 0 Å². The number of benzene rings is 1. The lowest BCUT2D eigenvalue weighted by Gasteiger charge is -2.02. The molecule has 0 saturated carbocycles. The van der Waals surface area contributed by atoms with Gasteiger partial charge in [-0.25, -0.2) is 9.07 Å². The average molecular weight is 300 g/mol. The second kappa shape index (κ2) is 4.85. The van der Waals surface area contributed by atoms with Gasteiger partial charge < -0.3 is 10.8 Å². The number of nitrogen functional groups attached to an aromatic ring is 1. The molecule has 1 aromatic heterocycles. The number of aliphatic hydroxyl groups excluding tert-OH is 1. The molecule has 0 fully saturated rings. The summed E-state index contributed by atoms with van der Waals surface area (Å²) >= 11 is 3.18. The molecular weight excluding hydrogens is 289 g/mol. The van der Waals surface area contributed by atoms with Crippen molar-refractivity contribution in [1.29, 1.82) is 0 Å². The van der Waals surface area contributed by atoms with Gasteiger partial charge in [0.1, 0.15) is 11.6 Å². The fourth-order valence-electron chi connectivity index (χ4n) is 1.54. The molecule has 6 heteroatoms. The van der Waals surface area contributed by atoms with E-state index in [0.29, 0.717) is 28.1 Å². The number of nitrogens with zero attached hydrogens (tertiary/aromatic N) is 2. The number of hydrogen-bond acceptors (Lipinski definition) is 3. The van der Waals surface area contributed by atoms with Crippen molar-refractivity contribution in [2.24, 2.45) is 0 Å². The Kier molecular flexibility index (Phi) is 3.44. The molecule has 2 rings (SSSR count). The summed E-state index contributed by atoms with van der Waals surface area (Å²) in [4.78, 5) is 0. The topological polar surface area (TPSA) is 64.1 Å². The Hall–Kier alpha value is -1.40. The molecule has 17 heavy (non-hydrogen) atoms. The zero-order valence-electron chi connectivity index (χ0n) is 8.90. The van der Waals surface area contributed by atoms with Crippen LogP contribution in [0.4, 0.5) is 10.2 Å². The molecule has 0 radical (unpaired) electrons. The Bertz CT molecular complexity index is 542. The summed E-state index contributed by atoms with van der Waals surface area (Å²) in [5.41, 5.74) is 6.94. The molecule has 0 bridgehead atoms. The highest BCUT2D eigenvalue weighted by atomic mass is 79.9. The van der Waals surface area contributed by atoms with E-state index in [2.05, 4.69) is 21.0 Å². The first-order valence-electron chi connectivity index (χ1n) is 5.02. The number of rotatable bonds is 3. The molecule has 1 aromatic carbocycles. The zero-order valence-corrected chi connectivity index (χ0v) is 10.5. The highest BCUT2D eigenvalue weighted by molar-refractivity contribution is 9.10. The van der Waals surface area contributed by atoms with Gasteiger partial charge in [-0.05, 0) is 22.0 Å². The second-order valence-corrected chi connectivity index (χ2v) is 4.30. The summed E-state index contributed by atoms with van der Waals surface area (Å²) in [6.07, 6.45) is 0. The van der Waals surface area contributed by atoms with Crippen molar-refractivity contribution in [3.05, 3.63) is 34.6 Å². The minimum atomic E-state index is -0.349. The maximum Gasteiger partial charge on any atom is 0.138 e. The first kappa shape index (κ1) is 12.1. The van der Waals surface area contributed by atoms with E-state index in [1.165, 1.54) is 10.7 Å². The Morgan fingerprint density at radius 1 is 1.47 bits per heavy atom. The summed E-state index contributed by atoms with van der Waals surface area (Å²) in [5, 5.41) is 13.0. The standard InChI is InChI=1S/C11H11BrFN3O/c12-11-7(2-1-3-8(11)13)9-6-10(14)16(15-9)4-5-17/h1-3,6,17H,4-5,14H2. The van der Waals surface area contributed by atoms with Crippen molar-refractivity contribution in [2.75, 3.05) is 12.3 Å². The van der Waals surface area contributed by atoms with Crippen molar-refractivity contribution in [2.45, 2.75) is 6.54 Å². The van der Waals surface area contributed by atoms with Gasteiger partial charge in [0, 0.05) is 11.6 Å². The average Bonchev–Trinajstić information content (AvgIpc) is 2.65. The summed E-state index contributed by atoms with van der Waals surface area (Å²) in [7, 11) is 0. The fourth-order valence-corrected chi connectivity index (χ4v) is 2.01. The summed E-state index contributed by atoms with van der Waals surface area (Å²) in [6.45, 7) is 0.272. The molecular formula is C11H11BrFN3O. The van der Waals surface area contributed by atoms with E-state index in [1.54, 1.807) is 18.2 Å². The van der Waals surface area contributed by atoms with Crippen LogP contribution in [0.3, 0.4) is 0 Å². The van der Waals surface area contributed by atoms with E-state index < -0.39 is 0 Å². The number of nitrogens with two attached hydrogens (primary N) is 1. The summed E-state index contributed by atoms with van der Waals surface area (Å²) < 4.78 is 15.2. The third-order valence-corrected chi connectivity index (χ3v) is 3.16. The smallest absolute Gasteiger partial charge is 0.138 e. The van der Waals surface area contributed by atoms with Crippen LogP contribution in [0.2, 0.25) is 0 Å². The van der Waals surface area contributed by atoms with Gasteiger partial charge in [0.25, 0.3) is 0 Å². The van der Waals surface area contributed by atoms with Gasteiger partial charge in [0.2, 0.25) is 0 Å². The monoisotopic (exact) mass is 299 g/mol.